The van der Waals surface area contributed by atoms with Gasteiger partial charge in [0.25, 0.3) is 11.8 Å². The van der Waals surface area contributed by atoms with Crippen LogP contribution in [0.3, 0.4) is 0 Å². The SMILES string of the molecule is CCOc1ccc(C(=O)Nc2ccc(NC(=O)c3cccs3)c(OC)c2)cc1. The number of amides is 2. The Hall–Kier alpha value is -3.32. The number of carbonyl (C=O) groups is 2. The Labute approximate surface area is 167 Å². The van der Waals surface area contributed by atoms with Crippen molar-refractivity contribution < 1.29 is 19.1 Å². The molecule has 0 radical (unpaired) electrons. The first-order valence-corrected chi connectivity index (χ1v) is 9.55. The maximum atomic E-state index is 12.4. The van der Waals surface area contributed by atoms with Gasteiger partial charge < -0.3 is 20.1 Å². The van der Waals surface area contributed by atoms with Crippen LogP contribution in [0.4, 0.5) is 11.4 Å². The first kappa shape index (κ1) is 19.4. The second-order valence-corrected chi connectivity index (χ2v) is 6.71. The van der Waals surface area contributed by atoms with Crippen molar-refractivity contribution in [1.29, 1.82) is 0 Å². The Morgan fingerprint density at radius 1 is 1.00 bits per heavy atom. The molecule has 0 aliphatic rings. The maximum absolute atomic E-state index is 12.4. The van der Waals surface area contributed by atoms with Crippen LogP contribution in [0.1, 0.15) is 27.0 Å². The van der Waals surface area contributed by atoms with Gasteiger partial charge in [-0.2, -0.15) is 0 Å². The molecule has 28 heavy (non-hydrogen) atoms. The van der Waals surface area contributed by atoms with Crippen LogP contribution < -0.4 is 20.1 Å². The number of methoxy groups -OCH3 is 1. The summed E-state index contributed by atoms with van der Waals surface area (Å²) in [5.41, 5.74) is 1.60. The van der Waals surface area contributed by atoms with Crippen molar-refractivity contribution in [1.82, 2.24) is 0 Å². The fourth-order valence-electron chi connectivity index (χ4n) is 2.54. The number of hydrogen-bond donors (Lipinski definition) is 2. The lowest BCUT2D eigenvalue weighted by Gasteiger charge is -2.12. The van der Waals surface area contributed by atoms with E-state index in [4.69, 9.17) is 9.47 Å². The van der Waals surface area contributed by atoms with Crippen LogP contribution in [0.5, 0.6) is 11.5 Å². The molecule has 0 saturated heterocycles. The van der Waals surface area contributed by atoms with Crippen LogP contribution in [-0.4, -0.2) is 25.5 Å². The molecule has 0 unspecified atom stereocenters. The molecular formula is C21H20N2O4S. The molecule has 0 saturated carbocycles. The normalized spacial score (nSPS) is 10.2. The van der Waals surface area contributed by atoms with Gasteiger partial charge in [-0.25, -0.2) is 0 Å². The van der Waals surface area contributed by atoms with Crippen LogP contribution in [0.25, 0.3) is 0 Å². The highest BCUT2D eigenvalue weighted by Gasteiger charge is 2.13. The molecule has 3 aromatic rings. The number of ether oxygens (including phenoxy) is 2. The largest absolute Gasteiger partial charge is 0.494 e. The minimum Gasteiger partial charge on any atom is -0.494 e. The number of carbonyl (C=O) groups excluding carboxylic acids is 2. The van der Waals surface area contributed by atoms with E-state index in [1.54, 1.807) is 48.5 Å². The van der Waals surface area contributed by atoms with Gasteiger partial charge in [-0.15, -0.1) is 11.3 Å². The van der Waals surface area contributed by atoms with E-state index in [9.17, 15) is 9.59 Å². The Bertz CT molecular complexity index is 953. The Kier molecular flexibility index (Phi) is 6.29. The molecule has 3 rings (SSSR count). The zero-order chi connectivity index (χ0) is 19.9. The third-order valence-corrected chi connectivity index (χ3v) is 4.75. The summed E-state index contributed by atoms with van der Waals surface area (Å²) in [7, 11) is 1.51. The summed E-state index contributed by atoms with van der Waals surface area (Å²) in [6.45, 7) is 2.47. The summed E-state index contributed by atoms with van der Waals surface area (Å²) in [5.74, 6) is 0.709. The van der Waals surface area contributed by atoms with Crippen LogP contribution in [0, 0.1) is 0 Å². The summed E-state index contributed by atoms with van der Waals surface area (Å²) < 4.78 is 10.7. The van der Waals surface area contributed by atoms with Crippen molar-refractivity contribution in [3.8, 4) is 11.5 Å². The quantitative estimate of drug-likeness (QED) is 0.609. The fraction of sp³-hybridized carbons (Fsp3) is 0.143. The van der Waals surface area contributed by atoms with Crippen molar-refractivity contribution in [3.63, 3.8) is 0 Å². The van der Waals surface area contributed by atoms with Gasteiger partial charge in [-0.3, -0.25) is 9.59 Å². The smallest absolute Gasteiger partial charge is 0.265 e. The number of benzene rings is 2. The third kappa shape index (κ3) is 4.69. The zero-order valence-corrected chi connectivity index (χ0v) is 16.3. The summed E-state index contributed by atoms with van der Waals surface area (Å²) in [6.07, 6.45) is 0. The van der Waals surface area contributed by atoms with Gasteiger partial charge in [0.15, 0.2) is 0 Å². The summed E-state index contributed by atoms with van der Waals surface area (Å²) in [5, 5.41) is 7.48. The van der Waals surface area contributed by atoms with Crippen molar-refractivity contribution in [2.45, 2.75) is 6.92 Å². The van der Waals surface area contributed by atoms with E-state index < -0.39 is 0 Å². The van der Waals surface area contributed by atoms with Gasteiger partial charge in [0, 0.05) is 17.3 Å². The molecule has 0 bridgehead atoms. The maximum Gasteiger partial charge on any atom is 0.265 e. The van der Waals surface area contributed by atoms with E-state index in [1.165, 1.54) is 18.4 Å². The summed E-state index contributed by atoms with van der Waals surface area (Å²) in [6, 6.07) is 15.5. The molecule has 0 spiro atoms. The monoisotopic (exact) mass is 396 g/mol. The van der Waals surface area contributed by atoms with E-state index in [1.807, 2.05) is 18.4 Å². The molecule has 1 heterocycles. The molecule has 0 fully saturated rings. The second kappa shape index (κ2) is 9.05. The first-order chi connectivity index (χ1) is 13.6. The van der Waals surface area contributed by atoms with Gasteiger partial charge in [0.1, 0.15) is 11.5 Å². The number of thiophene rings is 1. The predicted octanol–water partition coefficient (Wildman–Crippen LogP) is 4.66. The van der Waals surface area contributed by atoms with E-state index in [2.05, 4.69) is 10.6 Å². The van der Waals surface area contributed by atoms with Crippen molar-refractivity contribution in [2.75, 3.05) is 24.4 Å². The summed E-state index contributed by atoms with van der Waals surface area (Å²) in [4.78, 5) is 25.3. The molecule has 7 heteroatoms. The Balaban J connectivity index is 1.70. The third-order valence-electron chi connectivity index (χ3n) is 3.88. The highest BCUT2D eigenvalue weighted by Crippen LogP contribution is 2.29. The van der Waals surface area contributed by atoms with E-state index in [0.717, 1.165) is 0 Å². The van der Waals surface area contributed by atoms with E-state index in [0.29, 0.717) is 39.9 Å². The van der Waals surface area contributed by atoms with Gasteiger partial charge in [-0.05, 0) is 54.8 Å². The minimum atomic E-state index is -0.250. The average Bonchev–Trinajstić information content (AvgIpc) is 3.25. The Morgan fingerprint density at radius 2 is 1.79 bits per heavy atom. The Morgan fingerprint density at radius 3 is 2.43 bits per heavy atom. The fourth-order valence-corrected chi connectivity index (χ4v) is 3.16. The van der Waals surface area contributed by atoms with Crippen LogP contribution in [-0.2, 0) is 0 Å². The summed E-state index contributed by atoms with van der Waals surface area (Å²) >= 11 is 1.36. The lowest BCUT2D eigenvalue weighted by molar-refractivity contribution is 0.101. The molecule has 0 atom stereocenters. The van der Waals surface area contributed by atoms with E-state index in [-0.39, 0.29) is 11.8 Å². The average molecular weight is 396 g/mol. The topological polar surface area (TPSA) is 76.7 Å². The highest BCUT2D eigenvalue weighted by atomic mass is 32.1. The number of hydrogen-bond acceptors (Lipinski definition) is 5. The number of anilines is 2. The molecular weight excluding hydrogens is 376 g/mol. The molecule has 2 N–H and O–H groups in total. The van der Waals surface area contributed by atoms with Crippen LogP contribution >= 0.6 is 11.3 Å². The number of nitrogens with one attached hydrogen (secondary N) is 2. The van der Waals surface area contributed by atoms with Gasteiger partial charge in [0.05, 0.1) is 24.3 Å². The standard InChI is InChI=1S/C21H20N2O4S/c1-3-27-16-9-6-14(7-10-16)20(24)22-15-8-11-17(18(13-15)26-2)23-21(25)19-5-4-12-28-19/h4-13H,3H2,1-2H3,(H,22,24)(H,23,25). The molecule has 2 aromatic carbocycles. The highest BCUT2D eigenvalue weighted by molar-refractivity contribution is 7.12. The molecule has 1 aromatic heterocycles. The van der Waals surface area contributed by atoms with Gasteiger partial charge in [-0.1, -0.05) is 6.07 Å². The van der Waals surface area contributed by atoms with E-state index >= 15 is 0 Å². The van der Waals surface area contributed by atoms with Crippen LogP contribution in [0.2, 0.25) is 0 Å². The molecule has 2 amide bonds. The van der Waals surface area contributed by atoms with Crippen LogP contribution in [0.15, 0.2) is 60.0 Å². The van der Waals surface area contributed by atoms with Gasteiger partial charge in [0.2, 0.25) is 0 Å². The zero-order valence-electron chi connectivity index (χ0n) is 15.5. The van der Waals surface area contributed by atoms with Gasteiger partial charge >= 0.3 is 0 Å². The van der Waals surface area contributed by atoms with Crippen molar-refractivity contribution in [3.05, 3.63) is 70.4 Å². The van der Waals surface area contributed by atoms with Crippen molar-refractivity contribution >= 4 is 34.5 Å². The first-order valence-electron chi connectivity index (χ1n) is 8.68. The molecule has 0 aliphatic carbocycles. The minimum absolute atomic E-state index is 0.209. The molecule has 144 valence electrons. The predicted molar refractivity (Wildman–Crippen MR) is 111 cm³/mol. The number of rotatable bonds is 7. The lowest BCUT2D eigenvalue weighted by atomic mass is 10.2. The lowest BCUT2D eigenvalue weighted by Crippen LogP contribution is -2.13. The molecule has 0 aliphatic heterocycles. The van der Waals surface area contributed by atoms with Crippen molar-refractivity contribution in [2.24, 2.45) is 0 Å². The second-order valence-electron chi connectivity index (χ2n) is 5.76. The molecule has 6 nitrogen and oxygen atoms in total.